The number of rotatable bonds is 2. The molecule has 0 saturated carbocycles. The fourth-order valence-electron chi connectivity index (χ4n) is 1.26. The van der Waals surface area contributed by atoms with Gasteiger partial charge in [-0.1, -0.05) is 30.3 Å². The van der Waals surface area contributed by atoms with Crippen LogP contribution in [0, 0.1) is 0 Å². The molecule has 0 atom stereocenters. The predicted octanol–water partition coefficient (Wildman–Crippen LogP) is 2.21. The van der Waals surface area contributed by atoms with Crippen molar-refractivity contribution >= 4 is 6.29 Å². The second-order valence-corrected chi connectivity index (χ2v) is 2.92. The Kier molecular flexibility index (Phi) is 2.36. The number of nitrogens with zero attached hydrogens (tertiary/aromatic N) is 1. The highest BCUT2D eigenvalue weighted by Crippen LogP contribution is 2.17. The molecule has 1 heterocycles. The zero-order valence-electron chi connectivity index (χ0n) is 7.47. The highest BCUT2D eigenvalue weighted by atomic mass is 16.1. The number of pyridine rings is 1. The van der Waals surface area contributed by atoms with Crippen molar-refractivity contribution < 1.29 is 4.79 Å². The Morgan fingerprint density at radius 3 is 2.36 bits per heavy atom. The third-order valence-electron chi connectivity index (χ3n) is 2.00. The summed E-state index contributed by atoms with van der Waals surface area (Å²) in [6, 6.07) is 11.1. The molecule has 0 aliphatic rings. The van der Waals surface area contributed by atoms with E-state index in [1.165, 1.54) is 0 Å². The first-order valence-corrected chi connectivity index (χ1v) is 4.29. The zero-order chi connectivity index (χ0) is 9.80. The number of carbonyl (C=O) groups excluding carboxylic acids is 1. The van der Waals surface area contributed by atoms with E-state index in [4.69, 9.17) is 0 Å². The van der Waals surface area contributed by atoms with E-state index >= 15 is 0 Å². The van der Waals surface area contributed by atoms with Gasteiger partial charge in [-0.3, -0.25) is 9.78 Å². The standard InChI is InChI=1S/C12H8NO/c14-9-10-3-5-11(6-4-10)12-2-1-7-13-8-12/h1-8H. The van der Waals surface area contributed by atoms with Gasteiger partial charge in [0.15, 0.2) is 0 Å². The van der Waals surface area contributed by atoms with Crippen molar-refractivity contribution in [3.05, 3.63) is 54.4 Å². The quantitative estimate of drug-likeness (QED) is 0.712. The maximum atomic E-state index is 10.3. The minimum absolute atomic E-state index is 0.567. The van der Waals surface area contributed by atoms with E-state index in [1.807, 2.05) is 30.6 Å². The Bertz CT molecular complexity index is 420. The molecule has 0 aliphatic carbocycles. The lowest BCUT2D eigenvalue weighted by Crippen LogP contribution is -1.81. The second kappa shape index (κ2) is 3.83. The van der Waals surface area contributed by atoms with Gasteiger partial charge in [0.1, 0.15) is 0 Å². The number of benzene rings is 1. The van der Waals surface area contributed by atoms with Crippen molar-refractivity contribution in [2.45, 2.75) is 0 Å². The van der Waals surface area contributed by atoms with Crippen molar-refractivity contribution in [3.63, 3.8) is 0 Å². The maximum Gasteiger partial charge on any atom is 0.233 e. The van der Waals surface area contributed by atoms with E-state index in [1.54, 1.807) is 24.5 Å². The summed E-state index contributed by atoms with van der Waals surface area (Å²) in [5.74, 6) is 0. The van der Waals surface area contributed by atoms with Crippen LogP contribution in [-0.4, -0.2) is 11.3 Å². The largest absolute Gasteiger partial charge is 0.285 e. The topological polar surface area (TPSA) is 30.0 Å². The minimum Gasteiger partial charge on any atom is -0.285 e. The molecule has 2 aromatic rings. The highest BCUT2D eigenvalue weighted by molar-refractivity contribution is 5.77. The van der Waals surface area contributed by atoms with Gasteiger partial charge in [0.2, 0.25) is 6.29 Å². The summed E-state index contributed by atoms with van der Waals surface area (Å²) < 4.78 is 0. The minimum atomic E-state index is 0.567. The van der Waals surface area contributed by atoms with E-state index in [-0.39, 0.29) is 0 Å². The summed E-state index contributed by atoms with van der Waals surface area (Å²) >= 11 is 0. The zero-order valence-corrected chi connectivity index (χ0v) is 7.47. The van der Waals surface area contributed by atoms with E-state index in [2.05, 4.69) is 4.98 Å². The van der Waals surface area contributed by atoms with Crippen LogP contribution < -0.4 is 0 Å². The van der Waals surface area contributed by atoms with Gasteiger partial charge >= 0.3 is 0 Å². The SMILES string of the molecule is O=[C]c1ccc(-c2cccnc2)cc1. The molecule has 0 bridgehead atoms. The summed E-state index contributed by atoms with van der Waals surface area (Å²) in [6.45, 7) is 0. The van der Waals surface area contributed by atoms with Crippen LogP contribution in [0.2, 0.25) is 0 Å². The van der Waals surface area contributed by atoms with Crippen LogP contribution in [-0.2, 0) is 4.79 Å². The predicted molar refractivity (Wildman–Crippen MR) is 54.5 cm³/mol. The molecule has 0 amide bonds. The molecule has 2 rings (SSSR count). The Hall–Kier alpha value is -1.96. The third-order valence-corrected chi connectivity index (χ3v) is 2.00. The Morgan fingerprint density at radius 2 is 1.79 bits per heavy atom. The van der Waals surface area contributed by atoms with E-state index in [0.29, 0.717) is 5.56 Å². The molecule has 14 heavy (non-hydrogen) atoms. The van der Waals surface area contributed by atoms with Crippen LogP contribution in [0.5, 0.6) is 0 Å². The van der Waals surface area contributed by atoms with Crippen molar-refractivity contribution in [2.24, 2.45) is 0 Å². The molecule has 2 nitrogen and oxygen atoms in total. The average Bonchev–Trinajstić information content (AvgIpc) is 2.30. The van der Waals surface area contributed by atoms with Crippen molar-refractivity contribution in [1.29, 1.82) is 0 Å². The molecule has 2 heteroatoms. The van der Waals surface area contributed by atoms with Gasteiger partial charge in [0.05, 0.1) is 0 Å². The summed E-state index contributed by atoms with van der Waals surface area (Å²) in [5.41, 5.74) is 2.67. The fraction of sp³-hybridized carbons (Fsp3) is 0. The number of hydrogen-bond donors (Lipinski definition) is 0. The molecule has 0 spiro atoms. The molecule has 0 aliphatic heterocycles. The Balaban J connectivity index is 2.39. The highest BCUT2D eigenvalue weighted by Gasteiger charge is 1.96. The first-order valence-electron chi connectivity index (χ1n) is 4.29. The van der Waals surface area contributed by atoms with Crippen molar-refractivity contribution in [3.8, 4) is 11.1 Å². The summed E-state index contributed by atoms with van der Waals surface area (Å²) in [4.78, 5) is 14.3. The number of hydrogen-bond acceptors (Lipinski definition) is 2. The Labute approximate surface area is 82.2 Å². The maximum absolute atomic E-state index is 10.3. The van der Waals surface area contributed by atoms with Gasteiger partial charge < -0.3 is 0 Å². The molecule has 1 radical (unpaired) electrons. The van der Waals surface area contributed by atoms with Gasteiger partial charge in [0, 0.05) is 18.0 Å². The van der Waals surface area contributed by atoms with Crippen molar-refractivity contribution in [2.75, 3.05) is 0 Å². The van der Waals surface area contributed by atoms with Crippen LogP contribution >= 0.6 is 0 Å². The smallest absolute Gasteiger partial charge is 0.233 e. The fourth-order valence-corrected chi connectivity index (χ4v) is 1.26. The van der Waals surface area contributed by atoms with Gasteiger partial charge in [-0.15, -0.1) is 0 Å². The summed E-state index contributed by atoms with van der Waals surface area (Å²) in [5, 5.41) is 0. The molecular weight excluding hydrogens is 174 g/mol. The molecule has 1 aromatic heterocycles. The second-order valence-electron chi connectivity index (χ2n) is 2.92. The molecule has 1 aromatic carbocycles. The first kappa shape index (κ1) is 8.63. The third kappa shape index (κ3) is 1.69. The van der Waals surface area contributed by atoms with E-state index in [0.717, 1.165) is 11.1 Å². The van der Waals surface area contributed by atoms with Gasteiger partial charge in [-0.25, -0.2) is 0 Å². The van der Waals surface area contributed by atoms with Crippen LogP contribution in [0.3, 0.4) is 0 Å². The van der Waals surface area contributed by atoms with E-state index < -0.39 is 0 Å². The van der Waals surface area contributed by atoms with Gasteiger partial charge in [0.25, 0.3) is 0 Å². The van der Waals surface area contributed by atoms with Crippen molar-refractivity contribution in [1.82, 2.24) is 4.98 Å². The molecule has 0 unspecified atom stereocenters. The van der Waals surface area contributed by atoms with Crippen LogP contribution in [0.15, 0.2) is 48.8 Å². The lowest BCUT2D eigenvalue weighted by Gasteiger charge is -1.99. The lowest BCUT2D eigenvalue weighted by atomic mass is 10.1. The van der Waals surface area contributed by atoms with Crippen LogP contribution in [0.4, 0.5) is 0 Å². The van der Waals surface area contributed by atoms with Crippen LogP contribution in [0.25, 0.3) is 11.1 Å². The number of aromatic nitrogens is 1. The molecule has 0 fully saturated rings. The van der Waals surface area contributed by atoms with Crippen LogP contribution in [0.1, 0.15) is 5.56 Å². The monoisotopic (exact) mass is 182 g/mol. The molecule has 67 valence electrons. The normalized spacial score (nSPS) is 9.71. The van der Waals surface area contributed by atoms with E-state index in [9.17, 15) is 4.79 Å². The van der Waals surface area contributed by atoms with Gasteiger partial charge in [-0.2, -0.15) is 0 Å². The average molecular weight is 182 g/mol. The Morgan fingerprint density at radius 1 is 1.00 bits per heavy atom. The first-order chi connectivity index (χ1) is 6.90. The molecule has 0 N–H and O–H groups in total. The summed E-state index contributed by atoms with van der Waals surface area (Å²) in [7, 11) is 0. The molecule has 0 saturated heterocycles. The van der Waals surface area contributed by atoms with Gasteiger partial charge in [-0.05, 0) is 17.2 Å². The molecular formula is C12H8NO. The lowest BCUT2D eigenvalue weighted by molar-refractivity contribution is 0.563. The summed E-state index contributed by atoms with van der Waals surface area (Å²) in [6.07, 6.45) is 5.36.